The number of anilines is 1. The van der Waals surface area contributed by atoms with Gasteiger partial charge in [0.05, 0.1) is 16.3 Å². The van der Waals surface area contributed by atoms with Gasteiger partial charge in [0.15, 0.2) is 0 Å². The lowest BCUT2D eigenvalue weighted by molar-refractivity contribution is -0.123. The van der Waals surface area contributed by atoms with Crippen molar-refractivity contribution in [2.75, 3.05) is 11.9 Å². The highest BCUT2D eigenvalue weighted by atomic mass is 127. The van der Waals surface area contributed by atoms with Gasteiger partial charge in [-0.3, -0.25) is 14.6 Å². The van der Waals surface area contributed by atoms with Gasteiger partial charge in [0.1, 0.15) is 6.54 Å². The van der Waals surface area contributed by atoms with Crippen molar-refractivity contribution in [3.05, 3.63) is 80.5 Å². The van der Waals surface area contributed by atoms with Gasteiger partial charge in [-0.05, 0) is 71.1 Å². The SMILES string of the molecule is O=C(NCC(F)(F)F)c1ccc(C(=O)Nc2ccc(I)c(-c3ccccn3)c2)c(Cl)c1. The molecule has 0 unspecified atom stereocenters. The van der Waals surface area contributed by atoms with Crippen molar-refractivity contribution < 1.29 is 22.8 Å². The third-order valence-electron chi connectivity index (χ3n) is 4.09. The van der Waals surface area contributed by atoms with Crippen LogP contribution in [0.25, 0.3) is 11.3 Å². The molecule has 0 radical (unpaired) electrons. The van der Waals surface area contributed by atoms with Crippen molar-refractivity contribution in [2.24, 2.45) is 0 Å². The fraction of sp³-hybridized carbons (Fsp3) is 0.0952. The molecule has 5 nitrogen and oxygen atoms in total. The molecule has 0 bridgehead atoms. The van der Waals surface area contributed by atoms with E-state index >= 15 is 0 Å². The third-order valence-corrected chi connectivity index (χ3v) is 5.34. The lowest BCUT2D eigenvalue weighted by Crippen LogP contribution is -2.33. The maximum Gasteiger partial charge on any atom is 0.405 e. The molecule has 2 amide bonds. The highest BCUT2D eigenvalue weighted by Crippen LogP contribution is 2.27. The number of nitrogens with zero attached hydrogens (tertiary/aromatic N) is 1. The number of benzene rings is 2. The Labute approximate surface area is 194 Å². The van der Waals surface area contributed by atoms with Crippen LogP contribution in [-0.4, -0.2) is 29.5 Å². The predicted octanol–water partition coefficient (Wildman–Crippen LogP) is 5.55. The van der Waals surface area contributed by atoms with Crippen molar-refractivity contribution >= 4 is 51.7 Å². The molecule has 0 saturated carbocycles. The number of carbonyl (C=O) groups excluding carboxylic acids is 2. The van der Waals surface area contributed by atoms with Gasteiger partial charge in [-0.2, -0.15) is 13.2 Å². The summed E-state index contributed by atoms with van der Waals surface area (Å²) in [6.07, 6.45) is -2.86. The molecule has 0 fully saturated rings. The molecule has 2 N–H and O–H groups in total. The Kier molecular flexibility index (Phi) is 7.16. The van der Waals surface area contributed by atoms with Crippen molar-refractivity contribution in [1.29, 1.82) is 0 Å². The molecule has 0 aliphatic carbocycles. The van der Waals surface area contributed by atoms with Crippen molar-refractivity contribution in [1.82, 2.24) is 10.3 Å². The van der Waals surface area contributed by atoms with Gasteiger partial charge < -0.3 is 10.6 Å². The molecule has 10 heteroatoms. The third kappa shape index (κ3) is 6.17. The largest absolute Gasteiger partial charge is 0.405 e. The van der Waals surface area contributed by atoms with E-state index in [0.717, 1.165) is 20.9 Å². The Hall–Kier alpha value is -2.66. The number of carbonyl (C=O) groups is 2. The summed E-state index contributed by atoms with van der Waals surface area (Å²) in [4.78, 5) is 28.8. The lowest BCUT2D eigenvalue weighted by atomic mass is 10.1. The van der Waals surface area contributed by atoms with Crippen LogP contribution in [0.4, 0.5) is 18.9 Å². The molecule has 1 heterocycles. The highest BCUT2D eigenvalue weighted by Gasteiger charge is 2.28. The maximum atomic E-state index is 12.6. The zero-order valence-electron chi connectivity index (χ0n) is 15.6. The van der Waals surface area contributed by atoms with E-state index in [0.29, 0.717) is 5.69 Å². The summed E-state index contributed by atoms with van der Waals surface area (Å²) in [7, 11) is 0. The number of alkyl halides is 3. The quantitative estimate of drug-likeness (QED) is 0.403. The molecule has 0 aliphatic rings. The first kappa shape index (κ1) is 23.0. The molecule has 2 aromatic carbocycles. The number of rotatable bonds is 5. The van der Waals surface area contributed by atoms with Crippen LogP contribution in [0.2, 0.25) is 5.02 Å². The second-order valence-electron chi connectivity index (χ2n) is 6.36. The van der Waals surface area contributed by atoms with E-state index in [-0.39, 0.29) is 16.1 Å². The predicted molar refractivity (Wildman–Crippen MR) is 120 cm³/mol. The highest BCUT2D eigenvalue weighted by molar-refractivity contribution is 14.1. The molecule has 160 valence electrons. The zero-order valence-corrected chi connectivity index (χ0v) is 18.5. The minimum atomic E-state index is -4.53. The van der Waals surface area contributed by atoms with Gasteiger partial charge in [-0.15, -0.1) is 0 Å². The second-order valence-corrected chi connectivity index (χ2v) is 7.93. The number of hydrogen-bond donors (Lipinski definition) is 2. The molecular weight excluding hydrogens is 546 g/mol. The topological polar surface area (TPSA) is 71.1 Å². The van der Waals surface area contributed by atoms with E-state index in [1.54, 1.807) is 29.7 Å². The van der Waals surface area contributed by atoms with Crippen molar-refractivity contribution in [2.45, 2.75) is 6.18 Å². The first-order chi connectivity index (χ1) is 14.6. The Morgan fingerprint density at radius 2 is 1.81 bits per heavy atom. The van der Waals surface area contributed by atoms with Crippen LogP contribution in [0.3, 0.4) is 0 Å². The van der Waals surface area contributed by atoms with E-state index in [2.05, 4.69) is 32.9 Å². The number of hydrogen-bond acceptors (Lipinski definition) is 3. The first-order valence-corrected chi connectivity index (χ1v) is 10.3. The van der Waals surface area contributed by atoms with E-state index in [9.17, 15) is 22.8 Å². The van der Waals surface area contributed by atoms with E-state index in [4.69, 9.17) is 11.6 Å². The fourth-order valence-electron chi connectivity index (χ4n) is 2.64. The summed E-state index contributed by atoms with van der Waals surface area (Å²) < 4.78 is 37.7. The summed E-state index contributed by atoms with van der Waals surface area (Å²) in [6, 6.07) is 14.5. The summed E-state index contributed by atoms with van der Waals surface area (Å²) in [6.45, 7) is -1.46. The average molecular weight is 560 g/mol. The normalized spacial score (nSPS) is 11.1. The Balaban J connectivity index is 1.76. The molecule has 31 heavy (non-hydrogen) atoms. The monoisotopic (exact) mass is 559 g/mol. The molecular formula is C21H14ClF3IN3O2. The van der Waals surface area contributed by atoms with E-state index in [1.165, 1.54) is 12.1 Å². The number of halogens is 5. The van der Waals surface area contributed by atoms with Gasteiger partial charge in [-0.1, -0.05) is 17.7 Å². The summed E-state index contributed by atoms with van der Waals surface area (Å²) >= 11 is 8.27. The molecule has 0 atom stereocenters. The number of pyridine rings is 1. The first-order valence-electron chi connectivity index (χ1n) is 8.81. The Morgan fingerprint density at radius 1 is 1.03 bits per heavy atom. The van der Waals surface area contributed by atoms with Gasteiger partial charge in [-0.25, -0.2) is 0 Å². The average Bonchev–Trinajstić information content (AvgIpc) is 2.73. The summed E-state index contributed by atoms with van der Waals surface area (Å²) in [5.74, 6) is -1.47. The molecule has 0 spiro atoms. The standard InChI is InChI=1S/C21H14ClF3IN3O2/c22-16-9-12(19(30)28-11-21(23,24)25)4-6-14(16)20(31)29-13-5-7-17(26)15(10-13)18-3-1-2-8-27-18/h1-10H,11H2,(H,28,30)(H,29,31). The molecule has 3 rings (SSSR count). The van der Waals surface area contributed by atoms with Crippen LogP contribution < -0.4 is 10.6 Å². The minimum absolute atomic E-state index is 0.0624. The molecule has 0 saturated heterocycles. The lowest BCUT2D eigenvalue weighted by Gasteiger charge is -2.11. The Morgan fingerprint density at radius 3 is 2.45 bits per heavy atom. The van der Waals surface area contributed by atoms with Crippen LogP contribution in [0, 0.1) is 3.57 Å². The molecule has 0 aliphatic heterocycles. The van der Waals surface area contributed by atoms with Gasteiger partial charge in [0, 0.05) is 26.6 Å². The summed E-state index contributed by atoms with van der Waals surface area (Å²) in [5, 5.41) is 4.42. The van der Waals surface area contributed by atoms with Crippen LogP contribution in [0.5, 0.6) is 0 Å². The Bertz CT molecular complexity index is 1120. The van der Waals surface area contributed by atoms with Crippen LogP contribution in [0.1, 0.15) is 20.7 Å². The van der Waals surface area contributed by atoms with Crippen molar-refractivity contribution in [3.8, 4) is 11.3 Å². The second kappa shape index (κ2) is 9.65. The number of aromatic nitrogens is 1. The van der Waals surface area contributed by atoms with E-state index in [1.807, 2.05) is 18.2 Å². The minimum Gasteiger partial charge on any atom is -0.343 e. The van der Waals surface area contributed by atoms with Crippen molar-refractivity contribution in [3.63, 3.8) is 0 Å². The number of amides is 2. The fourth-order valence-corrected chi connectivity index (χ4v) is 3.52. The van der Waals surface area contributed by atoms with Gasteiger partial charge in [0.2, 0.25) is 0 Å². The maximum absolute atomic E-state index is 12.6. The van der Waals surface area contributed by atoms with Gasteiger partial charge >= 0.3 is 6.18 Å². The van der Waals surface area contributed by atoms with Crippen LogP contribution >= 0.6 is 34.2 Å². The smallest absolute Gasteiger partial charge is 0.343 e. The van der Waals surface area contributed by atoms with E-state index < -0.39 is 24.5 Å². The zero-order chi connectivity index (χ0) is 22.6. The number of nitrogens with one attached hydrogen (secondary N) is 2. The van der Waals surface area contributed by atoms with Crippen LogP contribution in [-0.2, 0) is 0 Å². The summed E-state index contributed by atoms with van der Waals surface area (Å²) in [5.41, 5.74) is 2.08. The van der Waals surface area contributed by atoms with Gasteiger partial charge in [0.25, 0.3) is 11.8 Å². The molecule has 1 aromatic heterocycles. The molecule has 3 aromatic rings. The van der Waals surface area contributed by atoms with Crippen LogP contribution in [0.15, 0.2) is 60.8 Å².